The van der Waals surface area contributed by atoms with Crippen molar-refractivity contribution in [3.05, 3.63) is 29.6 Å². The van der Waals surface area contributed by atoms with E-state index in [4.69, 9.17) is 10.5 Å². The summed E-state index contributed by atoms with van der Waals surface area (Å²) in [5, 5.41) is 4.69. The van der Waals surface area contributed by atoms with Crippen molar-refractivity contribution in [2.24, 2.45) is 5.73 Å². The first-order valence-electron chi connectivity index (χ1n) is 7.11. The quantitative estimate of drug-likeness (QED) is 0.609. The third-order valence-corrected chi connectivity index (χ3v) is 3.66. The Balaban J connectivity index is 2.52. The highest BCUT2D eigenvalue weighted by Gasteiger charge is 2.21. The summed E-state index contributed by atoms with van der Waals surface area (Å²) in [6.45, 7) is 1.05. The van der Waals surface area contributed by atoms with E-state index in [1.54, 1.807) is 6.92 Å². The Labute approximate surface area is 143 Å². The second-order valence-electron chi connectivity index (χ2n) is 4.96. The second kappa shape index (κ2) is 9.76. The van der Waals surface area contributed by atoms with Gasteiger partial charge < -0.3 is 21.1 Å². The van der Waals surface area contributed by atoms with E-state index in [0.717, 1.165) is 0 Å². The predicted octanol–water partition coefficient (Wildman–Crippen LogP) is 1.41. The highest BCUT2D eigenvalue weighted by atomic mass is 32.2. The lowest BCUT2D eigenvalue weighted by Crippen LogP contribution is -2.45. The lowest BCUT2D eigenvalue weighted by atomic mass is 10.2. The first-order valence-corrected chi connectivity index (χ1v) is 8.50. The van der Waals surface area contributed by atoms with Crippen LogP contribution >= 0.6 is 11.8 Å². The maximum Gasteiger partial charge on any atom is 0.329 e. The van der Waals surface area contributed by atoms with Crippen LogP contribution in [0, 0.1) is 12.7 Å². The summed E-state index contributed by atoms with van der Waals surface area (Å²) in [6.07, 6.45) is 2.18. The molecule has 0 bridgehead atoms. The van der Waals surface area contributed by atoms with Gasteiger partial charge in [0.05, 0.1) is 0 Å². The number of benzene rings is 1. The van der Waals surface area contributed by atoms with Crippen molar-refractivity contribution in [1.29, 1.82) is 0 Å². The number of nitrogens with one attached hydrogen (secondary N) is 2. The van der Waals surface area contributed by atoms with Crippen LogP contribution in [0.2, 0.25) is 0 Å². The number of primary amides is 1. The Hall–Kier alpha value is -2.29. The zero-order valence-electron chi connectivity index (χ0n) is 13.4. The average molecular weight is 357 g/mol. The predicted molar refractivity (Wildman–Crippen MR) is 90.2 cm³/mol. The van der Waals surface area contributed by atoms with Gasteiger partial charge in [0.2, 0.25) is 0 Å². The number of carbonyl (C=O) groups excluding carboxylic acids is 3. The Morgan fingerprint density at radius 1 is 1.38 bits per heavy atom. The van der Waals surface area contributed by atoms with Crippen LogP contribution in [0.25, 0.3) is 0 Å². The van der Waals surface area contributed by atoms with Gasteiger partial charge in [0.25, 0.3) is 5.91 Å². The monoisotopic (exact) mass is 357 g/mol. The molecule has 0 aliphatic heterocycles. The third kappa shape index (κ3) is 6.86. The smallest absolute Gasteiger partial charge is 0.329 e. The first-order chi connectivity index (χ1) is 11.3. The van der Waals surface area contributed by atoms with Crippen LogP contribution in [0.4, 0.5) is 14.9 Å². The van der Waals surface area contributed by atoms with E-state index < -0.39 is 36.4 Å². The largest absolute Gasteiger partial charge is 0.454 e. The van der Waals surface area contributed by atoms with E-state index in [1.807, 2.05) is 6.26 Å². The minimum Gasteiger partial charge on any atom is -0.454 e. The summed E-state index contributed by atoms with van der Waals surface area (Å²) in [4.78, 5) is 34.5. The zero-order valence-corrected chi connectivity index (χ0v) is 14.2. The van der Waals surface area contributed by atoms with Gasteiger partial charge >= 0.3 is 12.0 Å². The number of hydrogen-bond donors (Lipinski definition) is 3. The van der Waals surface area contributed by atoms with Gasteiger partial charge in [-0.15, -0.1) is 0 Å². The van der Waals surface area contributed by atoms with E-state index in [2.05, 4.69) is 10.6 Å². The SMILES string of the molecule is CSCC[C@@H](NC(N)=O)C(=O)OCC(=O)Nc1ccc(C)c(F)c1. The summed E-state index contributed by atoms with van der Waals surface area (Å²) >= 11 is 1.49. The number of aryl methyl sites for hydroxylation is 1. The maximum atomic E-state index is 13.4. The molecular weight excluding hydrogens is 337 g/mol. The van der Waals surface area contributed by atoms with Crippen molar-refractivity contribution in [1.82, 2.24) is 5.32 Å². The normalized spacial score (nSPS) is 11.5. The van der Waals surface area contributed by atoms with Gasteiger partial charge in [-0.1, -0.05) is 6.07 Å². The molecule has 0 saturated heterocycles. The summed E-state index contributed by atoms with van der Waals surface area (Å²) in [7, 11) is 0. The first kappa shape index (κ1) is 19.8. The minimum atomic E-state index is -0.917. The zero-order chi connectivity index (χ0) is 18.1. The van der Waals surface area contributed by atoms with Gasteiger partial charge in [-0.25, -0.2) is 14.0 Å². The van der Waals surface area contributed by atoms with Crippen molar-refractivity contribution >= 4 is 35.4 Å². The molecule has 0 spiro atoms. The van der Waals surface area contributed by atoms with Gasteiger partial charge in [0, 0.05) is 5.69 Å². The van der Waals surface area contributed by atoms with Crippen LogP contribution in [0.15, 0.2) is 18.2 Å². The Bertz CT molecular complexity index is 612. The standard InChI is InChI=1S/C15H20FN3O4S/c1-9-3-4-10(7-11(9)16)18-13(20)8-23-14(21)12(5-6-24-2)19-15(17)22/h3-4,7,12H,5-6,8H2,1-2H3,(H,18,20)(H3,17,19,22)/t12-/m1/s1. The van der Waals surface area contributed by atoms with Crippen LogP contribution in [-0.4, -0.2) is 42.6 Å². The molecule has 1 aromatic rings. The molecule has 7 nitrogen and oxygen atoms in total. The van der Waals surface area contributed by atoms with Crippen LogP contribution in [0.1, 0.15) is 12.0 Å². The molecule has 0 saturated carbocycles. The number of thioether (sulfide) groups is 1. The van der Waals surface area contributed by atoms with Gasteiger partial charge in [-0.3, -0.25) is 4.79 Å². The summed E-state index contributed by atoms with van der Waals surface area (Å²) in [5.41, 5.74) is 5.72. The number of esters is 1. The van der Waals surface area contributed by atoms with E-state index >= 15 is 0 Å². The maximum absolute atomic E-state index is 13.4. The Morgan fingerprint density at radius 2 is 2.08 bits per heavy atom. The molecular formula is C15H20FN3O4S. The van der Waals surface area contributed by atoms with Crippen LogP contribution in [0.3, 0.4) is 0 Å². The summed E-state index contributed by atoms with van der Waals surface area (Å²) in [6, 6.07) is 2.46. The molecule has 0 radical (unpaired) electrons. The van der Waals surface area contributed by atoms with Crippen molar-refractivity contribution < 1.29 is 23.5 Å². The molecule has 0 aliphatic rings. The van der Waals surface area contributed by atoms with E-state index in [9.17, 15) is 18.8 Å². The molecule has 0 fully saturated rings. The second-order valence-corrected chi connectivity index (χ2v) is 5.95. The average Bonchev–Trinajstić information content (AvgIpc) is 2.52. The molecule has 1 atom stereocenters. The molecule has 3 amide bonds. The Morgan fingerprint density at radius 3 is 2.67 bits per heavy atom. The van der Waals surface area contributed by atoms with Gasteiger partial charge in [0.15, 0.2) is 6.61 Å². The van der Waals surface area contributed by atoms with Crippen molar-refractivity contribution in [2.75, 3.05) is 23.9 Å². The molecule has 1 aromatic carbocycles. The van der Waals surface area contributed by atoms with Gasteiger partial charge in [0.1, 0.15) is 11.9 Å². The fourth-order valence-corrected chi connectivity index (χ4v) is 2.23. The highest BCUT2D eigenvalue weighted by Crippen LogP contribution is 2.13. The molecule has 24 heavy (non-hydrogen) atoms. The van der Waals surface area contributed by atoms with Crippen LogP contribution in [-0.2, 0) is 14.3 Å². The molecule has 0 heterocycles. The number of anilines is 1. The molecule has 1 rings (SSSR count). The fourth-order valence-electron chi connectivity index (χ4n) is 1.76. The number of urea groups is 1. The summed E-state index contributed by atoms with van der Waals surface area (Å²) in [5.74, 6) is -1.22. The van der Waals surface area contributed by atoms with E-state index in [0.29, 0.717) is 17.7 Å². The fraction of sp³-hybridized carbons (Fsp3) is 0.400. The third-order valence-electron chi connectivity index (χ3n) is 3.01. The van der Waals surface area contributed by atoms with Gasteiger partial charge in [-0.05, 0) is 43.0 Å². The molecule has 0 aliphatic carbocycles. The number of halogens is 1. The number of nitrogens with two attached hydrogens (primary N) is 1. The number of ether oxygens (including phenoxy) is 1. The lowest BCUT2D eigenvalue weighted by molar-refractivity contribution is -0.149. The molecule has 0 aromatic heterocycles. The molecule has 0 unspecified atom stereocenters. The Kier molecular flexibility index (Phi) is 8.03. The molecule has 132 valence electrons. The van der Waals surface area contributed by atoms with Crippen molar-refractivity contribution in [3.8, 4) is 0 Å². The van der Waals surface area contributed by atoms with Crippen LogP contribution in [0.5, 0.6) is 0 Å². The minimum absolute atomic E-state index is 0.258. The summed E-state index contributed by atoms with van der Waals surface area (Å²) < 4.78 is 18.3. The number of rotatable bonds is 8. The lowest BCUT2D eigenvalue weighted by Gasteiger charge is -2.16. The number of carbonyl (C=O) groups is 3. The van der Waals surface area contributed by atoms with Gasteiger partial charge in [-0.2, -0.15) is 11.8 Å². The number of hydrogen-bond acceptors (Lipinski definition) is 5. The van der Waals surface area contributed by atoms with Crippen molar-refractivity contribution in [2.45, 2.75) is 19.4 Å². The highest BCUT2D eigenvalue weighted by molar-refractivity contribution is 7.98. The molecule has 4 N–H and O–H groups in total. The van der Waals surface area contributed by atoms with E-state index in [-0.39, 0.29) is 5.69 Å². The number of amides is 3. The van der Waals surface area contributed by atoms with Crippen LogP contribution < -0.4 is 16.4 Å². The van der Waals surface area contributed by atoms with Crippen molar-refractivity contribution in [3.63, 3.8) is 0 Å². The van der Waals surface area contributed by atoms with E-state index in [1.165, 1.54) is 30.0 Å². The topological polar surface area (TPSA) is 111 Å². The molecule has 9 heteroatoms.